The standard InChI is InChI=1S/C11H11IS2/c1-3-7-8-5-4-6-9(12)10(8)14-11(7)13-2/h4-6H,3H2,1-2H3. The maximum Gasteiger partial charge on any atom is 0.0640 e. The third-order valence-corrected chi connectivity index (χ3v) is 5.98. The lowest BCUT2D eigenvalue weighted by Crippen LogP contribution is -1.78. The lowest BCUT2D eigenvalue weighted by atomic mass is 10.1. The lowest BCUT2D eigenvalue weighted by molar-refractivity contribution is 1.13. The van der Waals surface area contributed by atoms with E-state index in [0.29, 0.717) is 0 Å². The molecule has 2 aromatic rings. The van der Waals surface area contributed by atoms with E-state index < -0.39 is 0 Å². The fourth-order valence-corrected chi connectivity index (χ4v) is 4.56. The van der Waals surface area contributed by atoms with E-state index in [1.165, 1.54) is 23.4 Å². The van der Waals surface area contributed by atoms with Gasteiger partial charge in [0.25, 0.3) is 0 Å². The molecule has 0 saturated heterocycles. The largest absolute Gasteiger partial charge is 0.127 e. The van der Waals surface area contributed by atoms with E-state index in [1.807, 2.05) is 23.1 Å². The van der Waals surface area contributed by atoms with Crippen LogP contribution in [0.2, 0.25) is 0 Å². The van der Waals surface area contributed by atoms with E-state index in [0.717, 1.165) is 6.42 Å². The maximum atomic E-state index is 2.42. The van der Waals surface area contributed by atoms with Crippen molar-refractivity contribution in [2.75, 3.05) is 6.26 Å². The van der Waals surface area contributed by atoms with Gasteiger partial charge in [-0.1, -0.05) is 19.1 Å². The summed E-state index contributed by atoms with van der Waals surface area (Å²) in [5, 5.41) is 1.45. The molecule has 0 nitrogen and oxygen atoms in total. The van der Waals surface area contributed by atoms with Gasteiger partial charge in [-0.15, -0.1) is 23.1 Å². The van der Waals surface area contributed by atoms with E-state index in [1.54, 1.807) is 0 Å². The second-order valence-corrected chi connectivity index (χ2v) is 6.30. The van der Waals surface area contributed by atoms with E-state index in [4.69, 9.17) is 0 Å². The normalized spacial score (nSPS) is 11.1. The van der Waals surface area contributed by atoms with E-state index in [9.17, 15) is 0 Å². The molecule has 0 aliphatic rings. The maximum absolute atomic E-state index is 2.42. The molecule has 2 rings (SSSR count). The first-order valence-electron chi connectivity index (χ1n) is 4.51. The SMILES string of the molecule is CCc1c(SC)sc2c(I)cccc12. The zero-order chi connectivity index (χ0) is 10.1. The quantitative estimate of drug-likeness (QED) is 0.562. The first-order chi connectivity index (χ1) is 6.77. The highest BCUT2D eigenvalue weighted by Crippen LogP contribution is 2.39. The molecule has 1 aromatic heterocycles. The van der Waals surface area contributed by atoms with Crippen molar-refractivity contribution in [2.24, 2.45) is 0 Å². The van der Waals surface area contributed by atoms with Crippen LogP contribution in [0.1, 0.15) is 12.5 Å². The van der Waals surface area contributed by atoms with Gasteiger partial charge in [-0.05, 0) is 52.3 Å². The van der Waals surface area contributed by atoms with Gasteiger partial charge in [0.05, 0.1) is 4.21 Å². The summed E-state index contributed by atoms with van der Waals surface area (Å²) >= 11 is 6.22. The predicted octanol–water partition coefficient (Wildman–Crippen LogP) is 4.79. The molecule has 0 fully saturated rings. The summed E-state index contributed by atoms with van der Waals surface area (Å²) in [6, 6.07) is 6.58. The van der Waals surface area contributed by atoms with Crippen LogP contribution >= 0.6 is 45.7 Å². The zero-order valence-corrected chi connectivity index (χ0v) is 11.9. The number of rotatable bonds is 2. The zero-order valence-electron chi connectivity index (χ0n) is 8.13. The minimum absolute atomic E-state index is 1.14. The smallest absolute Gasteiger partial charge is 0.0640 e. The van der Waals surface area contributed by atoms with Crippen molar-refractivity contribution < 1.29 is 0 Å². The molecule has 1 aromatic carbocycles. The molecule has 0 aliphatic carbocycles. The van der Waals surface area contributed by atoms with Gasteiger partial charge in [0.2, 0.25) is 0 Å². The van der Waals surface area contributed by atoms with Crippen LogP contribution in [-0.4, -0.2) is 6.26 Å². The van der Waals surface area contributed by atoms with Crippen LogP contribution in [0.25, 0.3) is 10.1 Å². The summed E-state index contributed by atoms with van der Waals surface area (Å²) in [5.41, 5.74) is 1.52. The second-order valence-electron chi connectivity index (χ2n) is 3.04. The Hall–Kier alpha value is 0.260. The first-order valence-corrected chi connectivity index (χ1v) is 7.63. The van der Waals surface area contributed by atoms with Crippen LogP contribution in [-0.2, 0) is 6.42 Å². The Balaban J connectivity index is 2.79. The molecule has 1 heterocycles. The minimum atomic E-state index is 1.14. The Morgan fingerprint density at radius 3 is 2.86 bits per heavy atom. The topological polar surface area (TPSA) is 0 Å². The van der Waals surface area contributed by atoms with E-state index >= 15 is 0 Å². The van der Waals surface area contributed by atoms with Crippen LogP contribution in [0.15, 0.2) is 22.4 Å². The Morgan fingerprint density at radius 2 is 2.21 bits per heavy atom. The van der Waals surface area contributed by atoms with Crippen molar-refractivity contribution in [3.05, 3.63) is 27.3 Å². The van der Waals surface area contributed by atoms with Crippen LogP contribution in [0.3, 0.4) is 0 Å². The number of thiophene rings is 1. The summed E-state index contributed by atoms with van der Waals surface area (Å²) in [7, 11) is 0. The Labute approximate surface area is 106 Å². The number of thioether (sulfide) groups is 1. The molecule has 0 N–H and O–H groups in total. The molecule has 0 saturated carbocycles. The highest BCUT2D eigenvalue weighted by Gasteiger charge is 2.10. The second kappa shape index (κ2) is 4.41. The van der Waals surface area contributed by atoms with E-state index in [2.05, 4.69) is 54.0 Å². The van der Waals surface area contributed by atoms with Gasteiger partial charge < -0.3 is 0 Å². The summed E-state index contributed by atoms with van der Waals surface area (Å²) in [6.45, 7) is 2.24. The fraction of sp³-hybridized carbons (Fsp3) is 0.273. The van der Waals surface area contributed by atoms with E-state index in [-0.39, 0.29) is 0 Å². The van der Waals surface area contributed by atoms with Crippen LogP contribution in [0, 0.1) is 3.57 Å². The Kier molecular flexibility index (Phi) is 3.39. The fourth-order valence-electron chi connectivity index (χ4n) is 1.61. The molecule has 0 aliphatic heterocycles. The van der Waals surface area contributed by atoms with Crippen molar-refractivity contribution in [1.82, 2.24) is 0 Å². The van der Waals surface area contributed by atoms with Crippen LogP contribution < -0.4 is 0 Å². The van der Waals surface area contributed by atoms with Gasteiger partial charge in [0.15, 0.2) is 0 Å². The predicted molar refractivity (Wildman–Crippen MR) is 75.7 cm³/mol. The number of fused-ring (bicyclic) bond motifs is 1. The van der Waals surface area contributed by atoms with Gasteiger partial charge in [0, 0.05) is 8.27 Å². The van der Waals surface area contributed by atoms with Crippen molar-refractivity contribution in [2.45, 2.75) is 17.6 Å². The molecule has 0 amide bonds. The highest BCUT2D eigenvalue weighted by molar-refractivity contribution is 14.1. The summed E-state index contributed by atoms with van der Waals surface area (Å²) in [5.74, 6) is 0. The monoisotopic (exact) mass is 334 g/mol. The van der Waals surface area contributed by atoms with Gasteiger partial charge in [0.1, 0.15) is 0 Å². The Morgan fingerprint density at radius 1 is 1.43 bits per heavy atom. The van der Waals surface area contributed by atoms with Gasteiger partial charge in [-0.25, -0.2) is 0 Å². The molecule has 0 spiro atoms. The summed E-state index contributed by atoms with van der Waals surface area (Å²) in [4.78, 5) is 0. The van der Waals surface area contributed by atoms with Gasteiger partial charge in [-0.3, -0.25) is 0 Å². The lowest BCUT2D eigenvalue weighted by Gasteiger charge is -1.97. The first kappa shape index (κ1) is 10.8. The number of benzene rings is 1. The third-order valence-electron chi connectivity index (χ3n) is 2.27. The molecular weight excluding hydrogens is 323 g/mol. The van der Waals surface area contributed by atoms with Crippen molar-refractivity contribution >= 4 is 55.8 Å². The van der Waals surface area contributed by atoms with Gasteiger partial charge >= 0.3 is 0 Å². The molecule has 0 unspecified atom stereocenters. The number of halogens is 1. The molecular formula is C11H11IS2. The molecule has 0 bridgehead atoms. The minimum Gasteiger partial charge on any atom is -0.127 e. The summed E-state index contributed by atoms with van der Waals surface area (Å²) < 4.78 is 4.31. The van der Waals surface area contributed by atoms with Crippen LogP contribution in [0.4, 0.5) is 0 Å². The highest BCUT2D eigenvalue weighted by atomic mass is 127. The van der Waals surface area contributed by atoms with Crippen molar-refractivity contribution in [3.8, 4) is 0 Å². The number of aryl methyl sites for hydroxylation is 1. The molecule has 0 radical (unpaired) electrons. The number of hydrogen-bond acceptors (Lipinski definition) is 2. The van der Waals surface area contributed by atoms with Crippen LogP contribution in [0.5, 0.6) is 0 Å². The summed E-state index contributed by atoms with van der Waals surface area (Å²) in [6.07, 6.45) is 3.30. The molecule has 14 heavy (non-hydrogen) atoms. The molecule has 3 heteroatoms. The third kappa shape index (κ3) is 1.70. The van der Waals surface area contributed by atoms with Gasteiger partial charge in [-0.2, -0.15) is 0 Å². The molecule has 0 atom stereocenters. The van der Waals surface area contributed by atoms with Crippen molar-refractivity contribution in [1.29, 1.82) is 0 Å². The average Bonchev–Trinajstić information content (AvgIpc) is 2.57. The average molecular weight is 334 g/mol. The van der Waals surface area contributed by atoms with Crippen molar-refractivity contribution in [3.63, 3.8) is 0 Å². The Bertz CT molecular complexity index is 460. The molecule has 74 valence electrons. The number of hydrogen-bond donors (Lipinski definition) is 0.